The Labute approximate surface area is 119 Å². The van der Waals surface area contributed by atoms with Gasteiger partial charge in [0.1, 0.15) is 5.82 Å². The lowest BCUT2D eigenvalue weighted by molar-refractivity contribution is -0.155. The molecule has 0 N–H and O–H groups in total. The minimum Gasteiger partial charge on any atom is -0.457 e. The van der Waals surface area contributed by atoms with Gasteiger partial charge in [0.2, 0.25) is 0 Å². The van der Waals surface area contributed by atoms with E-state index in [4.69, 9.17) is 9.47 Å². The van der Waals surface area contributed by atoms with Crippen LogP contribution in [0.25, 0.3) is 0 Å². The molecule has 0 spiro atoms. The van der Waals surface area contributed by atoms with Crippen LogP contribution in [-0.4, -0.2) is 33.4 Å². The second kappa shape index (κ2) is 6.83. The number of rotatable bonds is 5. The van der Waals surface area contributed by atoms with Crippen LogP contribution in [0, 0.1) is 12.8 Å². The average Bonchev–Trinajstić information content (AvgIpc) is 2.78. The number of hydrogen-bond donors (Lipinski definition) is 0. The first-order valence-electron chi connectivity index (χ1n) is 7.28. The lowest BCUT2D eigenvalue weighted by Gasteiger charge is -2.25. The first kappa shape index (κ1) is 15.0. The van der Waals surface area contributed by atoms with Crippen molar-refractivity contribution in [2.24, 2.45) is 5.92 Å². The second-order valence-corrected chi connectivity index (χ2v) is 5.33. The van der Waals surface area contributed by atoms with Gasteiger partial charge in [-0.3, -0.25) is 4.79 Å². The highest BCUT2D eigenvalue weighted by Crippen LogP contribution is 2.21. The van der Waals surface area contributed by atoms with Gasteiger partial charge < -0.3 is 14.0 Å². The highest BCUT2D eigenvalue weighted by molar-refractivity contribution is 5.72. The third-order valence-electron chi connectivity index (χ3n) is 3.62. The molecule has 0 aliphatic carbocycles. The first-order valence-corrected chi connectivity index (χ1v) is 7.28. The molecule has 112 valence electrons. The van der Waals surface area contributed by atoms with Crippen LogP contribution in [0.15, 0.2) is 0 Å². The van der Waals surface area contributed by atoms with Gasteiger partial charge in [-0.05, 0) is 33.1 Å². The smallest absolute Gasteiger partial charge is 0.309 e. The molecule has 1 saturated heterocycles. The Morgan fingerprint density at radius 1 is 1.50 bits per heavy atom. The van der Waals surface area contributed by atoms with Crippen molar-refractivity contribution in [3.8, 4) is 0 Å². The predicted molar refractivity (Wildman–Crippen MR) is 73.0 cm³/mol. The molecular formula is C14H23N3O3. The molecule has 0 unspecified atom stereocenters. The maximum absolute atomic E-state index is 12.1. The van der Waals surface area contributed by atoms with Crippen LogP contribution in [0.1, 0.15) is 44.8 Å². The van der Waals surface area contributed by atoms with E-state index in [1.807, 2.05) is 18.4 Å². The summed E-state index contributed by atoms with van der Waals surface area (Å²) in [6.07, 6.45) is 2.60. The van der Waals surface area contributed by atoms with E-state index in [-0.39, 0.29) is 24.6 Å². The fourth-order valence-corrected chi connectivity index (χ4v) is 2.51. The molecule has 1 aliphatic rings. The van der Waals surface area contributed by atoms with Crippen molar-refractivity contribution in [1.29, 1.82) is 0 Å². The maximum atomic E-state index is 12.1. The Morgan fingerprint density at radius 3 is 3.00 bits per heavy atom. The summed E-state index contributed by atoms with van der Waals surface area (Å²) >= 11 is 0. The molecule has 1 fully saturated rings. The Kier molecular flexibility index (Phi) is 5.11. The number of esters is 1. The molecule has 0 saturated carbocycles. The molecule has 1 aromatic heterocycles. The number of aryl methyl sites for hydroxylation is 1. The van der Waals surface area contributed by atoms with Crippen molar-refractivity contribution in [3.63, 3.8) is 0 Å². The van der Waals surface area contributed by atoms with Gasteiger partial charge in [0.25, 0.3) is 0 Å². The Balaban J connectivity index is 1.90. The number of carbonyl (C=O) groups is 1. The van der Waals surface area contributed by atoms with Gasteiger partial charge in [-0.1, -0.05) is 6.92 Å². The van der Waals surface area contributed by atoms with Crippen molar-refractivity contribution in [2.75, 3.05) is 6.61 Å². The maximum Gasteiger partial charge on any atom is 0.309 e. The van der Waals surface area contributed by atoms with Gasteiger partial charge in [0.15, 0.2) is 12.4 Å². The summed E-state index contributed by atoms with van der Waals surface area (Å²) in [6.45, 7) is 7.67. The van der Waals surface area contributed by atoms with E-state index in [1.165, 1.54) is 0 Å². The fraction of sp³-hybridized carbons (Fsp3) is 0.786. The monoisotopic (exact) mass is 281 g/mol. The zero-order valence-corrected chi connectivity index (χ0v) is 12.5. The van der Waals surface area contributed by atoms with E-state index in [2.05, 4.69) is 17.1 Å². The van der Waals surface area contributed by atoms with E-state index in [9.17, 15) is 4.79 Å². The van der Waals surface area contributed by atoms with Crippen LogP contribution >= 0.6 is 0 Å². The minimum absolute atomic E-state index is 0.0533. The first-order chi connectivity index (χ1) is 9.61. The molecule has 2 heterocycles. The van der Waals surface area contributed by atoms with Gasteiger partial charge in [0, 0.05) is 13.2 Å². The van der Waals surface area contributed by atoms with E-state index in [0.717, 1.165) is 37.5 Å². The summed E-state index contributed by atoms with van der Waals surface area (Å²) in [5.74, 6) is 1.38. The molecule has 0 amide bonds. The van der Waals surface area contributed by atoms with Crippen LogP contribution in [-0.2, 0) is 27.4 Å². The molecule has 2 atom stereocenters. The van der Waals surface area contributed by atoms with Gasteiger partial charge in [-0.2, -0.15) is 0 Å². The summed E-state index contributed by atoms with van der Waals surface area (Å²) in [5, 5.41) is 8.12. The third-order valence-corrected chi connectivity index (χ3v) is 3.62. The Bertz CT molecular complexity index is 459. The molecule has 1 aliphatic heterocycles. The van der Waals surface area contributed by atoms with Crippen LogP contribution in [0.4, 0.5) is 0 Å². The lowest BCUT2D eigenvalue weighted by Crippen LogP contribution is -2.29. The fourth-order valence-electron chi connectivity index (χ4n) is 2.51. The van der Waals surface area contributed by atoms with Crippen LogP contribution in [0.3, 0.4) is 0 Å². The van der Waals surface area contributed by atoms with Gasteiger partial charge in [0.05, 0.1) is 12.0 Å². The predicted octanol–water partition coefficient (Wildman–Crippen LogP) is 1.85. The lowest BCUT2D eigenvalue weighted by atomic mass is 9.96. The highest BCUT2D eigenvalue weighted by atomic mass is 16.5. The minimum atomic E-state index is -0.149. The molecule has 0 radical (unpaired) electrons. The van der Waals surface area contributed by atoms with Crippen LogP contribution in [0.2, 0.25) is 0 Å². The normalized spacial score (nSPS) is 22.8. The number of aromatic nitrogens is 3. The summed E-state index contributed by atoms with van der Waals surface area (Å²) < 4.78 is 12.8. The highest BCUT2D eigenvalue weighted by Gasteiger charge is 2.27. The standard InChI is InChI=1S/C14H23N3O3/c1-4-6-17-11(3)15-16-13(17)9-20-14(18)12-5-7-19-10(2)8-12/h10,12H,4-9H2,1-3H3/t10-,12+/m1/s1. The van der Waals surface area contributed by atoms with E-state index in [1.54, 1.807) is 0 Å². The topological polar surface area (TPSA) is 66.2 Å². The average molecular weight is 281 g/mol. The molecule has 6 heteroatoms. The van der Waals surface area contributed by atoms with Gasteiger partial charge in [-0.25, -0.2) is 0 Å². The van der Waals surface area contributed by atoms with Crippen LogP contribution < -0.4 is 0 Å². The summed E-state index contributed by atoms with van der Waals surface area (Å²) in [4.78, 5) is 12.1. The molecule has 0 bridgehead atoms. The van der Waals surface area contributed by atoms with E-state index in [0.29, 0.717) is 6.61 Å². The summed E-state index contributed by atoms with van der Waals surface area (Å²) in [6, 6.07) is 0. The number of hydrogen-bond acceptors (Lipinski definition) is 5. The molecular weight excluding hydrogens is 258 g/mol. The third kappa shape index (κ3) is 3.56. The van der Waals surface area contributed by atoms with Gasteiger partial charge >= 0.3 is 5.97 Å². The second-order valence-electron chi connectivity index (χ2n) is 5.33. The Morgan fingerprint density at radius 2 is 2.30 bits per heavy atom. The molecule has 1 aromatic rings. The van der Waals surface area contributed by atoms with Crippen molar-refractivity contribution < 1.29 is 14.3 Å². The van der Waals surface area contributed by atoms with Crippen molar-refractivity contribution >= 4 is 5.97 Å². The Hall–Kier alpha value is -1.43. The zero-order chi connectivity index (χ0) is 14.5. The number of nitrogens with zero attached hydrogens (tertiary/aromatic N) is 3. The molecule has 2 rings (SSSR count). The van der Waals surface area contributed by atoms with Gasteiger partial charge in [-0.15, -0.1) is 10.2 Å². The molecule has 6 nitrogen and oxygen atoms in total. The summed E-state index contributed by atoms with van der Waals surface area (Å²) in [5.41, 5.74) is 0. The molecule has 20 heavy (non-hydrogen) atoms. The van der Waals surface area contributed by atoms with Crippen molar-refractivity contribution in [2.45, 2.75) is 59.3 Å². The van der Waals surface area contributed by atoms with E-state index < -0.39 is 0 Å². The largest absolute Gasteiger partial charge is 0.457 e. The van der Waals surface area contributed by atoms with Crippen molar-refractivity contribution in [3.05, 3.63) is 11.6 Å². The van der Waals surface area contributed by atoms with Crippen LogP contribution in [0.5, 0.6) is 0 Å². The van der Waals surface area contributed by atoms with E-state index >= 15 is 0 Å². The summed E-state index contributed by atoms with van der Waals surface area (Å²) in [7, 11) is 0. The van der Waals surface area contributed by atoms with Crippen molar-refractivity contribution in [1.82, 2.24) is 14.8 Å². The SMILES string of the molecule is CCCn1c(C)nnc1COC(=O)[C@H]1CCO[C@H](C)C1. The molecule has 0 aromatic carbocycles. The number of carbonyl (C=O) groups excluding carboxylic acids is 1. The zero-order valence-electron chi connectivity index (χ0n) is 12.5. The quantitative estimate of drug-likeness (QED) is 0.771. The number of ether oxygens (including phenoxy) is 2.